The third-order valence-corrected chi connectivity index (χ3v) is 7.11. The van der Waals surface area contributed by atoms with E-state index in [4.69, 9.17) is 16.3 Å². The maximum Gasteiger partial charge on any atom is 0.263 e. The van der Waals surface area contributed by atoms with Crippen LogP contribution in [0.1, 0.15) is 17.8 Å². The fourth-order valence-electron chi connectivity index (χ4n) is 3.96. The summed E-state index contributed by atoms with van der Waals surface area (Å²) in [7, 11) is 0. The van der Waals surface area contributed by atoms with Crippen LogP contribution in [0, 0.1) is 6.92 Å². The quantitative estimate of drug-likeness (QED) is 0.262. The first kappa shape index (κ1) is 23.8. The summed E-state index contributed by atoms with van der Waals surface area (Å²) in [4.78, 5) is 32.7. The number of ether oxygens (including phenoxy) is 1. The highest BCUT2D eigenvalue weighted by Crippen LogP contribution is 2.36. The lowest BCUT2D eigenvalue weighted by Crippen LogP contribution is -2.31. The van der Waals surface area contributed by atoms with Crippen molar-refractivity contribution in [2.45, 2.75) is 19.9 Å². The largest absolute Gasteiger partial charge is 0.457 e. The maximum absolute atomic E-state index is 13.5. The van der Waals surface area contributed by atoms with Crippen LogP contribution in [0.3, 0.4) is 0 Å². The van der Waals surface area contributed by atoms with Crippen molar-refractivity contribution in [3.63, 3.8) is 0 Å². The SMILES string of the molecule is Cc1sc2ncn(C(C)C(=O)Nc3ccc(Oc4ccccc4)cc3)c(=O)c2c1-c1ccc(Cl)cc1. The van der Waals surface area contributed by atoms with Gasteiger partial charge in [-0.2, -0.15) is 0 Å². The first-order chi connectivity index (χ1) is 17.4. The van der Waals surface area contributed by atoms with Gasteiger partial charge >= 0.3 is 0 Å². The number of para-hydroxylation sites is 1. The summed E-state index contributed by atoms with van der Waals surface area (Å²) in [5.74, 6) is 1.06. The molecule has 2 heterocycles. The molecule has 0 spiro atoms. The number of benzene rings is 3. The second-order valence-corrected chi connectivity index (χ2v) is 9.92. The molecule has 1 atom stereocenters. The Morgan fingerprint density at radius 2 is 1.67 bits per heavy atom. The van der Waals surface area contributed by atoms with Crippen LogP contribution in [0.15, 0.2) is 90.0 Å². The van der Waals surface area contributed by atoms with Gasteiger partial charge in [-0.1, -0.05) is 41.9 Å². The Bertz CT molecular complexity index is 1590. The van der Waals surface area contributed by atoms with E-state index in [1.807, 2.05) is 49.4 Å². The number of carbonyl (C=O) groups excluding carboxylic acids is 1. The average Bonchev–Trinajstić information content (AvgIpc) is 3.23. The molecule has 36 heavy (non-hydrogen) atoms. The minimum Gasteiger partial charge on any atom is -0.457 e. The molecule has 2 aromatic heterocycles. The number of carbonyl (C=O) groups is 1. The normalized spacial score (nSPS) is 11.9. The number of amides is 1. The Labute approximate surface area is 216 Å². The number of nitrogens with one attached hydrogen (secondary N) is 1. The number of rotatable bonds is 6. The van der Waals surface area contributed by atoms with Gasteiger partial charge in [0.1, 0.15) is 22.4 Å². The molecule has 0 saturated heterocycles. The highest BCUT2D eigenvalue weighted by Gasteiger charge is 2.22. The second kappa shape index (κ2) is 9.97. The van der Waals surface area contributed by atoms with Gasteiger partial charge in [0.2, 0.25) is 5.91 Å². The molecule has 0 saturated carbocycles. The van der Waals surface area contributed by atoms with Crippen LogP contribution in [0.2, 0.25) is 5.02 Å². The van der Waals surface area contributed by atoms with Gasteiger partial charge in [-0.15, -0.1) is 11.3 Å². The van der Waals surface area contributed by atoms with Crippen molar-refractivity contribution in [3.8, 4) is 22.6 Å². The van der Waals surface area contributed by atoms with E-state index in [0.717, 1.165) is 21.8 Å². The number of aromatic nitrogens is 2. The van der Waals surface area contributed by atoms with Gasteiger partial charge in [0, 0.05) is 21.2 Å². The smallest absolute Gasteiger partial charge is 0.263 e. The van der Waals surface area contributed by atoms with E-state index in [0.29, 0.717) is 26.7 Å². The highest BCUT2D eigenvalue weighted by atomic mass is 35.5. The number of fused-ring (bicyclic) bond motifs is 1. The molecular formula is C28H22ClN3O3S. The lowest BCUT2D eigenvalue weighted by Gasteiger charge is -2.15. The van der Waals surface area contributed by atoms with E-state index >= 15 is 0 Å². The average molecular weight is 516 g/mol. The van der Waals surface area contributed by atoms with Crippen molar-refractivity contribution in [1.29, 1.82) is 0 Å². The van der Waals surface area contributed by atoms with Crippen molar-refractivity contribution in [3.05, 3.63) is 105 Å². The van der Waals surface area contributed by atoms with E-state index < -0.39 is 6.04 Å². The lowest BCUT2D eigenvalue weighted by atomic mass is 10.0. The predicted octanol–water partition coefficient (Wildman–Crippen LogP) is 7.08. The van der Waals surface area contributed by atoms with Crippen LogP contribution in [-0.4, -0.2) is 15.5 Å². The standard InChI is InChI=1S/C28H22ClN3O3S/c1-17(26(33)31-21-12-14-23(15-13-21)35-22-6-4-3-5-7-22)32-16-30-27-25(28(32)34)24(18(2)36-27)19-8-10-20(29)11-9-19/h3-17H,1-2H3,(H,31,33). The molecule has 0 fully saturated rings. The molecule has 6 nitrogen and oxygen atoms in total. The van der Waals surface area contributed by atoms with Gasteiger partial charge in [-0.25, -0.2) is 4.98 Å². The minimum atomic E-state index is -0.770. The minimum absolute atomic E-state index is 0.261. The number of hydrogen-bond donors (Lipinski definition) is 1. The molecule has 3 aromatic carbocycles. The van der Waals surface area contributed by atoms with Crippen molar-refractivity contribution in [2.24, 2.45) is 0 Å². The summed E-state index contributed by atoms with van der Waals surface area (Å²) in [6.07, 6.45) is 1.44. The third kappa shape index (κ3) is 4.76. The lowest BCUT2D eigenvalue weighted by molar-refractivity contribution is -0.118. The third-order valence-electron chi connectivity index (χ3n) is 5.84. The zero-order valence-corrected chi connectivity index (χ0v) is 21.1. The fourth-order valence-corrected chi connectivity index (χ4v) is 5.09. The molecule has 180 valence electrons. The molecule has 1 unspecified atom stereocenters. The number of hydrogen-bond acceptors (Lipinski definition) is 5. The van der Waals surface area contributed by atoms with Crippen LogP contribution in [0.4, 0.5) is 5.69 Å². The maximum atomic E-state index is 13.5. The van der Waals surface area contributed by atoms with Gasteiger partial charge in [0.05, 0.1) is 11.7 Å². The second-order valence-electron chi connectivity index (χ2n) is 8.28. The molecule has 1 amide bonds. The van der Waals surface area contributed by atoms with Gasteiger partial charge in [0.15, 0.2) is 0 Å². The Kier molecular flexibility index (Phi) is 6.59. The van der Waals surface area contributed by atoms with Crippen LogP contribution in [-0.2, 0) is 4.79 Å². The van der Waals surface area contributed by atoms with E-state index in [1.165, 1.54) is 22.2 Å². The Morgan fingerprint density at radius 1 is 1.00 bits per heavy atom. The number of anilines is 1. The molecule has 0 aliphatic heterocycles. The topological polar surface area (TPSA) is 73.2 Å². The molecular weight excluding hydrogens is 494 g/mol. The van der Waals surface area contributed by atoms with E-state index in [1.54, 1.807) is 43.3 Å². The van der Waals surface area contributed by atoms with Gasteiger partial charge < -0.3 is 10.1 Å². The zero-order chi connectivity index (χ0) is 25.2. The summed E-state index contributed by atoms with van der Waals surface area (Å²) < 4.78 is 7.17. The van der Waals surface area contributed by atoms with Crippen molar-refractivity contribution < 1.29 is 9.53 Å². The van der Waals surface area contributed by atoms with Crippen molar-refractivity contribution in [2.75, 3.05) is 5.32 Å². The summed E-state index contributed by atoms with van der Waals surface area (Å²) in [6, 6.07) is 23.1. The van der Waals surface area contributed by atoms with Gasteiger partial charge in [-0.05, 0) is 67.9 Å². The summed E-state index contributed by atoms with van der Waals surface area (Å²) >= 11 is 7.50. The molecule has 0 aliphatic rings. The molecule has 0 radical (unpaired) electrons. The number of nitrogens with zero attached hydrogens (tertiary/aromatic N) is 2. The summed E-state index contributed by atoms with van der Waals surface area (Å²) in [5.41, 5.74) is 2.04. The monoisotopic (exact) mass is 515 g/mol. The van der Waals surface area contributed by atoms with Crippen LogP contribution in [0.25, 0.3) is 21.3 Å². The van der Waals surface area contributed by atoms with Crippen LogP contribution < -0.4 is 15.6 Å². The number of aryl methyl sites for hydroxylation is 1. The Morgan fingerprint density at radius 3 is 2.36 bits per heavy atom. The van der Waals surface area contributed by atoms with E-state index in [2.05, 4.69) is 10.3 Å². The van der Waals surface area contributed by atoms with Crippen LogP contribution >= 0.6 is 22.9 Å². The first-order valence-corrected chi connectivity index (χ1v) is 12.5. The molecule has 5 aromatic rings. The predicted molar refractivity (Wildman–Crippen MR) is 145 cm³/mol. The summed E-state index contributed by atoms with van der Waals surface area (Å²) in [6.45, 7) is 3.64. The molecule has 5 rings (SSSR count). The summed E-state index contributed by atoms with van der Waals surface area (Å²) in [5, 5.41) is 4.00. The number of thiophene rings is 1. The first-order valence-electron chi connectivity index (χ1n) is 11.3. The number of halogens is 1. The molecule has 1 N–H and O–H groups in total. The van der Waals surface area contributed by atoms with Crippen molar-refractivity contribution >= 4 is 44.7 Å². The molecule has 0 aliphatic carbocycles. The Balaban J connectivity index is 1.38. The van der Waals surface area contributed by atoms with Crippen molar-refractivity contribution in [1.82, 2.24) is 9.55 Å². The Hall–Kier alpha value is -3.94. The molecule has 0 bridgehead atoms. The zero-order valence-electron chi connectivity index (χ0n) is 19.6. The molecule has 8 heteroatoms. The van der Waals surface area contributed by atoms with Gasteiger partial charge in [0.25, 0.3) is 5.56 Å². The van der Waals surface area contributed by atoms with Gasteiger partial charge in [-0.3, -0.25) is 14.2 Å². The van der Waals surface area contributed by atoms with E-state index in [9.17, 15) is 9.59 Å². The highest BCUT2D eigenvalue weighted by molar-refractivity contribution is 7.19. The van der Waals surface area contributed by atoms with E-state index in [-0.39, 0.29) is 11.5 Å². The van der Waals surface area contributed by atoms with Crippen LogP contribution in [0.5, 0.6) is 11.5 Å². The fraction of sp³-hybridized carbons (Fsp3) is 0.107.